The zero-order valence-corrected chi connectivity index (χ0v) is 11.8. The van der Waals surface area contributed by atoms with Gasteiger partial charge in [-0.3, -0.25) is 14.4 Å². The molecule has 3 unspecified atom stereocenters. The molecule has 6 heteroatoms. The fourth-order valence-corrected chi connectivity index (χ4v) is 3.12. The minimum atomic E-state index is -0.780. The molecular formula is C14H22N2O4. The van der Waals surface area contributed by atoms with E-state index in [4.69, 9.17) is 5.11 Å². The molecule has 0 aromatic heterocycles. The van der Waals surface area contributed by atoms with Crippen molar-refractivity contribution in [3.63, 3.8) is 0 Å². The first-order valence-corrected chi connectivity index (χ1v) is 7.32. The van der Waals surface area contributed by atoms with E-state index in [0.29, 0.717) is 25.9 Å². The molecule has 1 aliphatic carbocycles. The lowest BCUT2D eigenvalue weighted by atomic mass is 9.85. The molecule has 2 fully saturated rings. The molecule has 2 aliphatic rings. The maximum Gasteiger partial charge on any atom is 0.306 e. The Labute approximate surface area is 118 Å². The molecule has 1 aliphatic heterocycles. The summed E-state index contributed by atoms with van der Waals surface area (Å²) in [5.74, 6) is -1.50. The van der Waals surface area contributed by atoms with E-state index in [0.717, 1.165) is 12.8 Å². The first-order valence-electron chi connectivity index (χ1n) is 7.32. The van der Waals surface area contributed by atoms with Gasteiger partial charge in [0.25, 0.3) is 0 Å². The largest absolute Gasteiger partial charge is 0.481 e. The molecule has 0 aromatic rings. The number of carbonyl (C=O) groups is 3. The van der Waals surface area contributed by atoms with Gasteiger partial charge in [-0.15, -0.1) is 0 Å². The van der Waals surface area contributed by atoms with Gasteiger partial charge in [-0.2, -0.15) is 0 Å². The maximum atomic E-state index is 12.2. The van der Waals surface area contributed by atoms with Crippen LogP contribution in [0.5, 0.6) is 0 Å². The molecule has 112 valence electrons. The van der Waals surface area contributed by atoms with Gasteiger partial charge in [0.15, 0.2) is 0 Å². The van der Waals surface area contributed by atoms with Crippen LogP contribution in [0.15, 0.2) is 0 Å². The van der Waals surface area contributed by atoms with Crippen molar-refractivity contribution in [2.45, 2.75) is 45.1 Å². The van der Waals surface area contributed by atoms with Crippen molar-refractivity contribution in [3.05, 3.63) is 0 Å². The predicted molar refractivity (Wildman–Crippen MR) is 71.9 cm³/mol. The molecule has 1 saturated heterocycles. The molecule has 0 spiro atoms. The van der Waals surface area contributed by atoms with Crippen molar-refractivity contribution in [2.24, 2.45) is 11.8 Å². The zero-order valence-electron chi connectivity index (χ0n) is 11.8. The minimum Gasteiger partial charge on any atom is -0.481 e. The number of aliphatic carboxylic acids is 1. The Morgan fingerprint density at radius 3 is 2.70 bits per heavy atom. The van der Waals surface area contributed by atoms with Gasteiger partial charge >= 0.3 is 5.97 Å². The first kappa shape index (κ1) is 14.8. The second-order valence-corrected chi connectivity index (χ2v) is 5.74. The normalized spacial score (nSPS) is 30.4. The van der Waals surface area contributed by atoms with E-state index in [1.807, 2.05) is 6.92 Å². The summed E-state index contributed by atoms with van der Waals surface area (Å²) >= 11 is 0. The first-order chi connectivity index (χ1) is 9.51. The monoisotopic (exact) mass is 282 g/mol. The fraction of sp³-hybridized carbons (Fsp3) is 0.786. The van der Waals surface area contributed by atoms with Crippen molar-refractivity contribution in [1.29, 1.82) is 0 Å². The van der Waals surface area contributed by atoms with E-state index < -0.39 is 5.97 Å². The Morgan fingerprint density at radius 1 is 1.35 bits per heavy atom. The van der Waals surface area contributed by atoms with Crippen LogP contribution in [-0.4, -0.2) is 46.9 Å². The second kappa shape index (κ2) is 6.24. The summed E-state index contributed by atoms with van der Waals surface area (Å²) in [6, 6.07) is -0.0665. The molecule has 2 N–H and O–H groups in total. The molecule has 2 rings (SSSR count). The van der Waals surface area contributed by atoms with E-state index in [-0.39, 0.29) is 36.1 Å². The van der Waals surface area contributed by atoms with Gasteiger partial charge in [0.2, 0.25) is 11.8 Å². The quantitative estimate of drug-likeness (QED) is 0.791. The molecule has 1 saturated carbocycles. The van der Waals surface area contributed by atoms with Gasteiger partial charge in [-0.1, -0.05) is 6.42 Å². The van der Waals surface area contributed by atoms with Crippen LogP contribution in [0.25, 0.3) is 0 Å². The summed E-state index contributed by atoms with van der Waals surface area (Å²) in [5, 5.41) is 12.0. The van der Waals surface area contributed by atoms with Crippen LogP contribution in [0.4, 0.5) is 0 Å². The highest BCUT2D eigenvalue weighted by Crippen LogP contribution is 2.25. The van der Waals surface area contributed by atoms with Gasteiger partial charge in [-0.25, -0.2) is 0 Å². The highest BCUT2D eigenvalue weighted by atomic mass is 16.4. The van der Waals surface area contributed by atoms with Gasteiger partial charge in [0.05, 0.1) is 11.8 Å². The molecule has 6 nitrogen and oxygen atoms in total. The summed E-state index contributed by atoms with van der Waals surface area (Å²) < 4.78 is 0. The number of amides is 2. The van der Waals surface area contributed by atoms with Crippen molar-refractivity contribution in [1.82, 2.24) is 10.2 Å². The number of carboxylic acids is 1. The number of carboxylic acid groups (broad SMARTS) is 1. The standard InChI is InChI=1S/C14H22N2O4/c1-2-16-8-10(7-12(16)17)13(18)15-11-5-3-4-9(6-11)14(19)20/h9-11H,2-8H2,1H3,(H,15,18)(H,19,20). The zero-order chi connectivity index (χ0) is 14.7. The lowest BCUT2D eigenvalue weighted by Crippen LogP contribution is -2.43. The number of hydrogen-bond donors (Lipinski definition) is 2. The third kappa shape index (κ3) is 3.29. The molecule has 0 aromatic carbocycles. The number of nitrogens with one attached hydrogen (secondary N) is 1. The van der Waals surface area contributed by atoms with Crippen molar-refractivity contribution in [3.8, 4) is 0 Å². The average molecular weight is 282 g/mol. The van der Waals surface area contributed by atoms with Crippen molar-refractivity contribution in [2.75, 3.05) is 13.1 Å². The Balaban J connectivity index is 1.85. The molecule has 0 radical (unpaired) electrons. The van der Waals surface area contributed by atoms with Gasteiger partial charge < -0.3 is 15.3 Å². The Kier molecular flexibility index (Phi) is 4.62. The number of nitrogens with zero attached hydrogens (tertiary/aromatic N) is 1. The van der Waals surface area contributed by atoms with Crippen molar-refractivity contribution >= 4 is 17.8 Å². The van der Waals surface area contributed by atoms with Crippen molar-refractivity contribution < 1.29 is 19.5 Å². The van der Waals surface area contributed by atoms with E-state index in [9.17, 15) is 14.4 Å². The summed E-state index contributed by atoms with van der Waals surface area (Å²) in [6.45, 7) is 3.01. The number of likely N-dealkylation sites (tertiary alicyclic amines) is 1. The van der Waals surface area contributed by atoms with Crippen LogP contribution in [0.2, 0.25) is 0 Å². The fourth-order valence-electron chi connectivity index (χ4n) is 3.12. The number of hydrogen-bond acceptors (Lipinski definition) is 3. The molecule has 3 atom stereocenters. The van der Waals surface area contributed by atoms with E-state index in [2.05, 4.69) is 5.32 Å². The maximum absolute atomic E-state index is 12.2. The van der Waals surface area contributed by atoms with Crippen LogP contribution >= 0.6 is 0 Å². The molecule has 0 bridgehead atoms. The molecular weight excluding hydrogens is 260 g/mol. The summed E-state index contributed by atoms with van der Waals surface area (Å²) in [5.41, 5.74) is 0. The van der Waals surface area contributed by atoms with E-state index >= 15 is 0 Å². The Hall–Kier alpha value is -1.59. The van der Waals surface area contributed by atoms with E-state index in [1.54, 1.807) is 4.90 Å². The van der Waals surface area contributed by atoms with Crippen LogP contribution in [0.1, 0.15) is 39.0 Å². The van der Waals surface area contributed by atoms with Gasteiger partial charge in [0.1, 0.15) is 0 Å². The number of rotatable bonds is 4. The third-order valence-electron chi connectivity index (χ3n) is 4.34. The smallest absolute Gasteiger partial charge is 0.306 e. The van der Waals surface area contributed by atoms with Crippen LogP contribution < -0.4 is 5.32 Å². The third-order valence-corrected chi connectivity index (χ3v) is 4.34. The Bertz CT molecular complexity index is 410. The SMILES string of the molecule is CCN1CC(C(=O)NC2CCCC(C(=O)O)C2)CC1=O. The van der Waals surface area contributed by atoms with Gasteiger partial charge in [0, 0.05) is 25.6 Å². The number of carbonyl (C=O) groups excluding carboxylic acids is 2. The van der Waals surface area contributed by atoms with E-state index in [1.165, 1.54) is 0 Å². The lowest BCUT2D eigenvalue weighted by molar-refractivity contribution is -0.143. The topological polar surface area (TPSA) is 86.7 Å². The minimum absolute atomic E-state index is 0.0275. The highest BCUT2D eigenvalue weighted by molar-refractivity contribution is 5.89. The predicted octanol–water partition coefficient (Wildman–Crippen LogP) is 0.614. The molecule has 2 amide bonds. The van der Waals surface area contributed by atoms with Crippen LogP contribution in [0, 0.1) is 11.8 Å². The van der Waals surface area contributed by atoms with Crippen LogP contribution in [0.3, 0.4) is 0 Å². The second-order valence-electron chi connectivity index (χ2n) is 5.74. The van der Waals surface area contributed by atoms with Crippen LogP contribution in [-0.2, 0) is 14.4 Å². The average Bonchev–Trinajstić information content (AvgIpc) is 2.80. The Morgan fingerprint density at radius 2 is 2.10 bits per heavy atom. The summed E-state index contributed by atoms with van der Waals surface area (Å²) in [6.07, 6.45) is 3.11. The summed E-state index contributed by atoms with van der Waals surface area (Å²) in [4.78, 5) is 36.5. The highest BCUT2D eigenvalue weighted by Gasteiger charge is 2.35. The molecule has 1 heterocycles. The van der Waals surface area contributed by atoms with Gasteiger partial charge in [-0.05, 0) is 26.2 Å². The molecule has 20 heavy (non-hydrogen) atoms. The lowest BCUT2D eigenvalue weighted by Gasteiger charge is -2.28. The summed E-state index contributed by atoms with van der Waals surface area (Å²) in [7, 11) is 0.